The highest BCUT2D eigenvalue weighted by Gasteiger charge is 2.23. The van der Waals surface area contributed by atoms with Gasteiger partial charge in [-0.1, -0.05) is 42.5 Å². The maximum absolute atomic E-state index is 12.7. The molecule has 0 aliphatic rings. The van der Waals surface area contributed by atoms with Gasteiger partial charge in [0.05, 0.1) is 6.16 Å². The van der Waals surface area contributed by atoms with E-state index in [9.17, 15) is 14.3 Å². The smallest absolute Gasteiger partial charge is 0.407 e. The number of rotatable bonds is 8. The van der Waals surface area contributed by atoms with Crippen LogP contribution in [0.25, 0.3) is 0 Å². The minimum atomic E-state index is -3.54. The number of hydrogen-bond acceptors (Lipinski definition) is 4. The highest BCUT2D eigenvalue weighted by Crippen LogP contribution is 2.45. The first kappa shape index (κ1) is 23.0. The molecule has 6 nitrogen and oxygen atoms in total. The number of para-hydroxylation sites is 1. The van der Waals surface area contributed by atoms with Crippen LogP contribution in [0.3, 0.4) is 0 Å². The minimum Gasteiger partial charge on any atom is -0.484 e. The van der Waals surface area contributed by atoms with Gasteiger partial charge in [0, 0.05) is 6.04 Å². The fourth-order valence-electron chi connectivity index (χ4n) is 2.80. The van der Waals surface area contributed by atoms with E-state index < -0.39 is 19.1 Å². The molecule has 0 saturated carbocycles. The van der Waals surface area contributed by atoms with E-state index >= 15 is 0 Å². The zero-order valence-corrected chi connectivity index (χ0v) is 18.3. The Balaban J connectivity index is 1.98. The van der Waals surface area contributed by atoms with Gasteiger partial charge in [-0.05, 0) is 57.4 Å². The third-order valence-electron chi connectivity index (χ3n) is 4.00. The fraction of sp³-hybridized carbons (Fsp3) is 0.409. The quantitative estimate of drug-likeness (QED) is 0.592. The lowest BCUT2D eigenvalue weighted by molar-refractivity contribution is 0.0508. The molecule has 0 saturated heterocycles. The van der Waals surface area contributed by atoms with Crippen molar-refractivity contribution in [2.75, 3.05) is 6.35 Å². The van der Waals surface area contributed by atoms with E-state index in [2.05, 4.69) is 5.32 Å². The maximum Gasteiger partial charge on any atom is 0.407 e. The minimum absolute atomic E-state index is 0.00909. The Morgan fingerprint density at radius 1 is 1.07 bits per heavy atom. The molecule has 0 bridgehead atoms. The Morgan fingerprint density at radius 2 is 1.66 bits per heavy atom. The molecule has 0 aliphatic carbocycles. The average Bonchev–Trinajstić information content (AvgIpc) is 2.61. The van der Waals surface area contributed by atoms with Crippen molar-refractivity contribution in [1.82, 2.24) is 5.32 Å². The lowest BCUT2D eigenvalue weighted by Gasteiger charge is -2.22. The standard InChI is InChI=1S/C22H30NO5P/c1-17(23-21(24)28-22(2,3)4)14-18-10-8-9-11-19(18)15-29(25,26)16-27-20-12-6-5-7-13-20/h5-13,17H,14-16H2,1-4H3,(H,23,24)(H,25,26)/t17-/m0/s1. The maximum atomic E-state index is 12.7. The Labute approximate surface area is 172 Å². The van der Waals surface area contributed by atoms with Crippen LogP contribution in [0.2, 0.25) is 0 Å². The predicted octanol–water partition coefficient (Wildman–Crippen LogP) is 4.95. The Morgan fingerprint density at radius 3 is 2.28 bits per heavy atom. The van der Waals surface area contributed by atoms with Gasteiger partial charge in [0.1, 0.15) is 11.4 Å². The van der Waals surface area contributed by atoms with Gasteiger partial charge in [-0.2, -0.15) is 0 Å². The van der Waals surface area contributed by atoms with E-state index in [1.165, 1.54) is 0 Å². The number of nitrogens with one attached hydrogen (secondary N) is 1. The SMILES string of the molecule is C[C@@H](Cc1ccccc1CP(=O)(O)COc1ccccc1)NC(=O)OC(C)(C)C. The number of benzene rings is 2. The van der Waals surface area contributed by atoms with Crippen LogP contribution >= 0.6 is 7.37 Å². The predicted molar refractivity (Wildman–Crippen MR) is 114 cm³/mol. The number of alkyl carbamates (subject to hydrolysis) is 1. The van der Waals surface area contributed by atoms with Crippen molar-refractivity contribution >= 4 is 13.5 Å². The highest BCUT2D eigenvalue weighted by atomic mass is 31.2. The molecule has 0 spiro atoms. The topological polar surface area (TPSA) is 84.9 Å². The Hall–Kier alpha value is -2.30. The zero-order valence-electron chi connectivity index (χ0n) is 17.4. The van der Waals surface area contributed by atoms with Crippen molar-refractivity contribution in [3.63, 3.8) is 0 Å². The van der Waals surface area contributed by atoms with Crippen LogP contribution in [0.15, 0.2) is 54.6 Å². The molecular formula is C22H30NO5P. The third kappa shape index (κ3) is 8.71. The molecule has 7 heteroatoms. The molecule has 1 amide bonds. The summed E-state index contributed by atoms with van der Waals surface area (Å²) in [7, 11) is -3.54. The average molecular weight is 419 g/mol. The first-order valence-corrected chi connectivity index (χ1v) is 11.6. The van der Waals surface area contributed by atoms with Crippen LogP contribution in [0.1, 0.15) is 38.8 Å². The van der Waals surface area contributed by atoms with Gasteiger partial charge >= 0.3 is 6.09 Å². The van der Waals surface area contributed by atoms with Gasteiger partial charge in [0.2, 0.25) is 7.37 Å². The van der Waals surface area contributed by atoms with E-state index in [0.29, 0.717) is 12.2 Å². The second kappa shape index (κ2) is 9.95. The zero-order chi connectivity index (χ0) is 21.5. The molecule has 29 heavy (non-hydrogen) atoms. The summed E-state index contributed by atoms with van der Waals surface area (Å²) in [6.45, 7) is 7.30. The van der Waals surface area contributed by atoms with Crippen molar-refractivity contribution in [3.8, 4) is 5.75 Å². The van der Waals surface area contributed by atoms with E-state index in [-0.39, 0.29) is 18.6 Å². The molecular weight excluding hydrogens is 389 g/mol. The van der Waals surface area contributed by atoms with Crippen molar-refractivity contribution in [2.45, 2.75) is 51.9 Å². The summed E-state index contributed by atoms with van der Waals surface area (Å²) >= 11 is 0. The first-order valence-electron chi connectivity index (χ1n) is 9.59. The fourth-order valence-corrected chi connectivity index (χ4v) is 4.09. The summed E-state index contributed by atoms with van der Waals surface area (Å²) in [4.78, 5) is 22.4. The molecule has 2 atom stereocenters. The van der Waals surface area contributed by atoms with Crippen molar-refractivity contribution in [1.29, 1.82) is 0 Å². The van der Waals surface area contributed by atoms with Gasteiger partial charge < -0.3 is 19.7 Å². The molecule has 2 aromatic carbocycles. The Kier molecular flexibility index (Phi) is 7.88. The molecule has 0 aromatic heterocycles. The number of ether oxygens (including phenoxy) is 2. The van der Waals surface area contributed by atoms with Gasteiger partial charge in [-0.25, -0.2) is 4.79 Å². The molecule has 0 aliphatic heterocycles. The molecule has 0 heterocycles. The highest BCUT2D eigenvalue weighted by molar-refractivity contribution is 7.57. The summed E-state index contributed by atoms with van der Waals surface area (Å²) < 4.78 is 23.4. The number of hydrogen-bond donors (Lipinski definition) is 2. The van der Waals surface area contributed by atoms with Crippen LogP contribution in [-0.2, 0) is 21.9 Å². The lowest BCUT2D eigenvalue weighted by Crippen LogP contribution is -2.38. The molecule has 2 aromatic rings. The molecule has 2 rings (SSSR count). The summed E-state index contributed by atoms with van der Waals surface area (Å²) in [5.41, 5.74) is 1.11. The molecule has 158 valence electrons. The Bertz CT molecular complexity index is 848. The van der Waals surface area contributed by atoms with E-state index in [1.807, 2.05) is 70.2 Å². The van der Waals surface area contributed by atoms with Crippen LogP contribution in [0, 0.1) is 0 Å². The summed E-state index contributed by atoms with van der Waals surface area (Å²) in [5.74, 6) is 0.560. The first-order chi connectivity index (χ1) is 13.5. The van der Waals surface area contributed by atoms with Crippen LogP contribution < -0.4 is 10.1 Å². The lowest BCUT2D eigenvalue weighted by atomic mass is 10.0. The third-order valence-corrected chi connectivity index (χ3v) is 5.37. The van der Waals surface area contributed by atoms with Gasteiger partial charge in [-0.15, -0.1) is 0 Å². The summed E-state index contributed by atoms with van der Waals surface area (Å²) in [5, 5.41) is 2.80. The number of carbonyl (C=O) groups is 1. The van der Waals surface area contributed by atoms with Crippen molar-refractivity contribution in [3.05, 3.63) is 65.7 Å². The normalized spacial score (nSPS) is 14.5. The van der Waals surface area contributed by atoms with Crippen LogP contribution in [0.4, 0.5) is 4.79 Å². The van der Waals surface area contributed by atoms with Crippen LogP contribution in [-0.4, -0.2) is 29.0 Å². The summed E-state index contributed by atoms with van der Waals surface area (Å²) in [6.07, 6.45) is -0.201. The summed E-state index contributed by atoms with van der Waals surface area (Å²) in [6, 6.07) is 16.2. The molecule has 0 radical (unpaired) electrons. The van der Waals surface area contributed by atoms with Crippen molar-refractivity contribution in [2.24, 2.45) is 0 Å². The van der Waals surface area contributed by atoms with E-state index in [1.54, 1.807) is 12.1 Å². The molecule has 0 fully saturated rings. The van der Waals surface area contributed by atoms with Gasteiger partial charge in [0.25, 0.3) is 0 Å². The van der Waals surface area contributed by atoms with Gasteiger partial charge in [-0.3, -0.25) is 4.57 Å². The van der Waals surface area contributed by atoms with Gasteiger partial charge in [0.15, 0.2) is 6.35 Å². The second-order valence-electron chi connectivity index (χ2n) is 8.11. The number of amides is 1. The monoisotopic (exact) mass is 419 g/mol. The van der Waals surface area contributed by atoms with Crippen LogP contribution in [0.5, 0.6) is 5.75 Å². The number of carbonyl (C=O) groups excluding carboxylic acids is 1. The van der Waals surface area contributed by atoms with E-state index in [0.717, 1.165) is 11.1 Å². The second-order valence-corrected chi connectivity index (χ2v) is 10.4. The molecule has 2 N–H and O–H groups in total. The van der Waals surface area contributed by atoms with E-state index in [4.69, 9.17) is 9.47 Å². The van der Waals surface area contributed by atoms with Crippen molar-refractivity contribution < 1.29 is 23.7 Å². The largest absolute Gasteiger partial charge is 0.484 e. The molecule has 1 unspecified atom stereocenters.